The molecule has 1 atom stereocenters. The summed E-state index contributed by atoms with van der Waals surface area (Å²) in [5.41, 5.74) is 0. The molecule has 1 N–H and O–H groups in total. The van der Waals surface area contributed by atoms with Crippen LogP contribution in [0.15, 0.2) is 0 Å². The van der Waals surface area contributed by atoms with Crippen molar-refractivity contribution in [1.29, 1.82) is 0 Å². The van der Waals surface area contributed by atoms with E-state index in [4.69, 9.17) is 0 Å². The lowest BCUT2D eigenvalue weighted by molar-refractivity contribution is -0.139. The van der Waals surface area contributed by atoms with Crippen LogP contribution in [0.4, 0.5) is 13.2 Å². The molecule has 1 rings (SSSR count). The summed E-state index contributed by atoms with van der Waals surface area (Å²) in [5.74, 6) is 0.137. The molecule has 126 valence electrons. The lowest BCUT2D eigenvalue weighted by atomic mass is 10.00. The second-order valence-electron chi connectivity index (χ2n) is 5.69. The minimum atomic E-state index is -4.54. The minimum absolute atomic E-state index is 0.137. The molecule has 0 amide bonds. The first-order chi connectivity index (χ1) is 9.58. The fraction of sp³-hybridized carbons (Fsp3) is 1.00. The molecule has 0 spiro atoms. The molecule has 1 aliphatic rings. The Morgan fingerprint density at radius 2 is 2.00 bits per heavy atom. The van der Waals surface area contributed by atoms with Crippen LogP contribution in [0.5, 0.6) is 0 Å². The third kappa shape index (κ3) is 5.39. The quantitative estimate of drug-likeness (QED) is 0.801. The highest BCUT2D eigenvalue weighted by molar-refractivity contribution is 7.86. The SMILES string of the molecule is CNCC1CCCN(S(=O)(=O)N(CC(F)(F)F)C(C)C)C1. The Morgan fingerprint density at radius 3 is 2.48 bits per heavy atom. The van der Waals surface area contributed by atoms with Crippen LogP contribution in [0.1, 0.15) is 26.7 Å². The molecule has 0 radical (unpaired) electrons. The number of nitrogens with one attached hydrogen (secondary N) is 1. The molecule has 1 aliphatic heterocycles. The van der Waals surface area contributed by atoms with Crippen LogP contribution in [-0.4, -0.2) is 62.5 Å². The maximum absolute atomic E-state index is 12.6. The summed E-state index contributed by atoms with van der Waals surface area (Å²) >= 11 is 0. The molecule has 1 heterocycles. The maximum Gasteiger partial charge on any atom is 0.402 e. The minimum Gasteiger partial charge on any atom is -0.319 e. The molecule has 0 bridgehead atoms. The zero-order valence-electron chi connectivity index (χ0n) is 12.7. The van der Waals surface area contributed by atoms with Crippen molar-refractivity contribution in [3.05, 3.63) is 0 Å². The first kappa shape index (κ1) is 18.7. The van der Waals surface area contributed by atoms with Gasteiger partial charge in [0.1, 0.15) is 6.54 Å². The lowest BCUT2D eigenvalue weighted by Crippen LogP contribution is -2.53. The van der Waals surface area contributed by atoms with Crippen molar-refractivity contribution in [2.45, 2.75) is 38.9 Å². The maximum atomic E-state index is 12.6. The van der Waals surface area contributed by atoms with Crippen LogP contribution in [-0.2, 0) is 10.2 Å². The number of hydrogen-bond donors (Lipinski definition) is 1. The molecule has 0 saturated carbocycles. The second-order valence-corrected chi connectivity index (χ2v) is 7.57. The molecule has 21 heavy (non-hydrogen) atoms. The van der Waals surface area contributed by atoms with Gasteiger partial charge in [0.05, 0.1) is 0 Å². The van der Waals surface area contributed by atoms with E-state index in [-0.39, 0.29) is 19.0 Å². The molecule has 1 saturated heterocycles. The van der Waals surface area contributed by atoms with Gasteiger partial charge in [0.2, 0.25) is 0 Å². The average molecular weight is 331 g/mol. The van der Waals surface area contributed by atoms with E-state index in [1.165, 1.54) is 18.2 Å². The number of hydrogen-bond acceptors (Lipinski definition) is 3. The van der Waals surface area contributed by atoms with Gasteiger partial charge in [-0.25, -0.2) is 0 Å². The summed E-state index contributed by atoms with van der Waals surface area (Å²) in [6, 6.07) is -0.735. The van der Waals surface area contributed by atoms with Gasteiger partial charge in [-0.15, -0.1) is 0 Å². The molecule has 0 aromatic heterocycles. The summed E-state index contributed by atoms with van der Waals surface area (Å²) in [6.45, 7) is 2.68. The highest BCUT2D eigenvalue weighted by atomic mass is 32.2. The molecule has 5 nitrogen and oxygen atoms in total. The zero-order valence-corrected chi connectivity index (χ0v) is 13.5. The predicted molar refractivity (Wildman–Crippen MR) is 75.0 cm³/mol. The van der Waals surface area contributed by atoms with Crippen molar-refractivity contribution in [1.82, 2.24) is 13.9 Å². The molecule has 0 aromatic rings. The molecular formula is C12H24F3N3O2S. The van der Waals surface area contributed by atoms with Gasteiger partial charge in [0.15, 0.2) is 0 Å². The fourth-order valence-corrected chi connectivity index (χ4v) is 4.45. The van der Waals surface area contributed by atoms with E-state index < -0.39 is 29.0 Å². The predicted octanol–water partition coefficient (Wildman–Crippen LogP) is 1.44. The van der Waals surface area contributed by atoms with E-state index >= 15 is 0 Å². The van der Waals surface area contributed by atoms with Crippen LogP contribution in [0, 0.1) is 5.92 Å². The summed E-state index contributed by atoms with van der Waals surface area (Å²) in [7, 11) is -2.31. The summed E-state index contributed by atoms with van der Waals surface area (Å²) in [5, 5.41) is 2.98. The average Bonchev–Trinajstić information content (AvgIpc) is 2.35. The summed E-state index contributed by atoms with van der Waals surface area (Å²) in [6.07, 6.45) is -2.99. The topological polar surface area (TPSA) is 52.7 Å². The highest BCUT2D eigenvalue weighted by Gasteiger charge is 2.41. The number of piperidine rings is 1. The van der Waals surface area contributed by atoms with Crippen LogP contribution in [0.25, 0.3) is 0 Å². The first-order valence-corrected chi connectivity index (χ1v) is 8.46. The van der Waals surface area contributed by atoms with Gasteiger partial charge in [-0.05, 0) is 46.2 Å². The van der Waals surface area contributed by atoms with Crippen molar-refractivity contribution in [3.8, 4) is 0 Å². The van der Waals surface area contributed by atoms with E-state index in [0.29, 0.717) is 17.3 Å². The van der Waals surface area contributed by atoms with Crippen molar-refractivity contribution in [2.24, 2.45) is 5.92 Å². The third-order valence-electron chi connectivity index (χ3n) is 3.51. The number of nitrogens with zero attached hydrogens (tertiary/aromatic N) is 2. The van der Waals surface area contributed by atoms with Crippen molar-refractivity contribution in [2.75, 3.05) is 33.2 Å². The van der Waals surface area contributed by atoms with Crippen molar-refractivity contribution < 1.29 is 21.6 Å². The largest absolute Gasteiger partial charge is 0.402 e. The molecular weight excluding hydrogens is 307 g/mol. The molecule has 0 aromatic carbocycles. The number of rotatable bonds is 6. The standard InChI is InChI=1S/C12H24F3N3O2S/c1-10(2)18(9-12(13,14)15)21(19,20)17-6-4-5-11(8-17)7-16-3/h10-11,16H,4-9H2,1-3H3. The van der Waals surface area contributed by atoms with Gasteiger partial charge in [-0.2, -0.15) is 30.2 Å². The highest BCUT2D eigenvalue weighted by Crippen LogP contribution is 2.25. The molecule has 9 heteroatoms. The van der Waals surface area contributed by atoms with Gasteiger partial charge in [-0.1, -0.05) is 0 Å². The van der Waals surface area contributed by atoms with Crippen LogP contribution in [0.3, 0.4) is 0 Å². The van der Waals surface area contributed by atoms with Crippen molar-refractivity contribution >= 4 is 10.2 Å². The summed E-state index contributed by atoms with van der Waals surface area (Å²) in [4.78, 5) is 0. The van der Waals surface area contributed by atoms with E-state index in [9.17, 15) is 21.6 Å². The summed E-state index contributed by atoms with van der Waals surface area (Å²) < 4.78 is 64.6. The van der Waals surface area contributed by atoms with Gasteiger partial charge in [0.25, 0.3) is 10.2 Å². The van der Waals surface area contributed by atoms with Gasteiger partial charge in [0, 0.05) is 19.1 Å². The van der Waals surface area contributed by atoms with E-state index in [0.717, 1.165) is 6.42 Å². The Bertz CT molecular complexity index is 424. The smallest absolute Gasteiger partial charge is 0.319 e. The van der Waals surface area contributed by atoms with Crippen molar-refractivity contribution in [3.63, 3.8) is 0 Å². The van der Waals surface area contributed by atoms with Crippen LogP contribution < -0.4 is 5.32 Å². The Hall–Kier alpha value is -0.380. The Labute approximate surface area is 124 Å². The Morgan fingerprint density at radius 1 is 1.38 bits per heavy atom. The van der Waals surface area contributed by atoms with E-state index in [1.807, 2.05) is 0 Å². The van der Waals surface area contributed by atoms with Crippen LogP contribution in [0.2, 0.25) is 0 Å². The third-order valence-corrected chi connectivity index (χ3v) is 5.64. The van der Waals surface area contributed by atoms with Crippen LogP contribution >= 0.6 is 0 Å². The first-order valence-electron chi connectivity index (χ1n) is 7.06. The van der Waals surface area contributed by atoms with E-state index in [1.54, 1.807) is 7.05 Å². The molecule has 1 unspecified atom stereocenters. The lowest BCUT2D eigenvalue weighted by Gasteiger charge is -2.37. The van der Waals surface area contributed by atoms with Gasteiger partial charge >= 0.3 is 6.18 Å². The zero-order chi connectivity index (χ0) is 16.3. The van der Waals surface area contributed by atoms with E-state index in [2.05, 4.69) is 5.32 Å². The normalized spacial score (nSPS) is 22.2. The second kappa shape index (κ2) is 7.26. The number of alkyl halides is 3. The molecule has 0 aliphatic carbocycles. The van der Waals surface area contributed by atoms with Gasteiger partial charge < -0.3 is 5.32 Å². The number of halogens is 3. The Balaban J connectivity index is 2.89. The van der Waals surface area contributed by atoms with Gasteiger partial charge in [-0.3, -0.25) is 0 Å². The fourth-order valence-electron chi connectivity index (χ4n) is 2.55. The monoisotopic (exact) mass is 331 g/mol. The Kier molecular flexibility index (Phi) is 6.45. The molecule has 1 fully saturated rings.